The van der Waals surface area contributed by atoms with Gasteiger partial charge in [0, 0.05) is 11.5 Å². The summed E-state index contributed by atoms with van der Waals surface area (Å²) in [6.45, 7) is 5.16. The van der Waals surface area contributed by atoms with Gasteiger partial charge in [-0.1, -0.05) is 54.6 Å². The van der Waals surface area contributed by atoms with Crippen LogP contribution in [0.5, 0.6) is 0 Å². The fraction of sp³-hybridized carbons (Fsp3) is 0.304. The van der Waals surface area contributed by atoms with Crippen molar-refractivity contribution in [3.8, 4) is 11.1 Å². The van der Waals surface area contributed by atoms with Crippen molar-refractivity contribution in [1.82, 2.24) is 0 Å². The molecule has 1 aliphatic heterocycles. The molecule has 3 rings (SSSR count). The molecule has 2 nitrogen and oxygen atoms in total. The smallest absolute Gasteiger partial charge is 0.266 e. The van der Waals surface area contributed by atoms with E-state index in [1.165, 1.54) is 0 Å². The zero-order chi connectivity index (χ0) is 19.1. The summed E-state index contributed by atoms with van der Waals surface area (Å²) in [7, 11) is 0. The second kappa shape index (κ2) is 9.58. The molecule has 2 aromatic rings. The van der Waals surface area contributed by atoms with Crippen LogP contribution in [0.3, 0.4) is 0 Å². The number of benzene rings is 2. The van der Waals surface area contributed by atoms with Gasteiger partial charge in [0.05, 0.1) is 13.2 Å². The molecule has 1 saturated heterocycles. The van der Waals surface area contributed by atoms with Crippen LogP contribution in [0.4, 0.5) is 8.78 Å². The average molecular weight is 370 g/mol. The van der Waals surface area contributed by atoms with Crippen LogP contribution in [0, 0.1) is 5.92 Å². The van der Waals surface area contributed by atoms with Crippen LogP contribution < -0.4 is 0 Å². The first kappa shape index (κ1) is 19.5. The van der Waals surface area contributed by atoms with Gasteiger partial charge in [0.25, 0.3) is 6.08 Å². The molecule has 0 radical (unpaired) electrons. The summed E-state index contributed by atoms with van der Waals surface area (Å²) < 4.78 is 36.1. The molecule has 0 aliphatic carbocycles. The summed E-state index contributed by atoms with van der Waals surface area (Å²) in [5, 5.41) is 0. The summed E-state index contributed by atoms with van der Waals surface area (Å²) in [5.74, 6) is 0.428. The Morgan fingerprint density at radius 2 is 1.56 bits per heavy atom. The third-order valence-corrected chi connectivity index (χ3v) is 4.71. The highest BCUT2D eigenvalue weighted by Gasteiger charge is 2.23. The third-order valence-electron chi connectivity index (χ3n) is 4.71. The quantitative estimate of drug-likeness (QED) is 0.532. The van der Waals surface area contributed by atoms with Gasteiger partial charge >= 0.3 is 0 Å². The average Bonchev–Trinajstić information content (AvgIpc) is 2.72. The summed E-state index contributed by atoms with van der Waals surface area (Å²) in [4.78, 5) is 0. The summed E-state index contributed by atoms with van der Waals surface area (Å²) in [5.41, 5.74) is 3.97. The minimum absolute atomic E-state index is 0.242. The number of ether oxygens (including phenoxy) is 2. The van der Waals surface area contributed by atoms with Gasteiger partial charge in [-0.3, -0.25) is 0 Å². The molecule has 0 saturated carbocycles. The highest BCUT2D eigenvalue weighted by atomic mass is 19.3. The SMILES string of the molecule is C=CCCC1COC(c2ccc(-c3ccc(CC=C(F)F)cc3)cc2)OC1. The molecule has 0 atom stereocenters. The number of halogens is 2. The molecule has 27 heavy (non-hydrogen) atoms. The molecule has 4 heteroatoms. The molecular formula is C23H24F2O2. The van der Waals surface area contributed by atoms with E-state index in [2.05, 4.69) is 6.58 Å². The fourth-order valence-corrected chi connectivity index (χ4v) is 3.12. The topological polar surface area (TPSA) is 18.5 Å². The molecule has 0 N–H and O–H groups in total. The van der Waals surface area contributed by atoms with Gasteiger partial charge in [-0.25, -0.2) is 0 Å². The monoisotopic (exact) mass is 370 g/mol. The van der Waals surface area contributed by atoms with E-state index in [0.29, 0.717) is 19.1 Å². The predicted molar refractivity (Wildman–Crippen MR) is 103 cm³/mol. The van der Waals surface area contributed by atoms with E-state index < -0.39 is 6.08 Å². The van der Waals surface area contributed by atoms with Crippen molar-refractivity contribution in [2.75, 3.05) is 13.2 Å². The third kappa shape index (κ3) is 5.59. The van der Waals surface area contributed by atoms with Crippen molar-refractivity contribution in [2.45, 2.75) is 25.6 Å². The van der Waals surface area contributed by atoms with Gasteiger partial charge in [-0.2, -0.15) is 8.78 Å². The van der Waals surface area contributed by atoms with Gasteiger partial charge in [0.15, 0.2) is 6.29 Å². The van der Waals surface area contributed by atoms with E-state index in [1.54, 1.807) is 0 Å². The van der Waals surface area contributed by atoms with E-state index in [9.17, 15) is 8.78 Å². The maximum absolute atomic E-state index is 12.2. The molecule has 1 heterocycles. The Bertz CT molecular complexity index is 754. The highest BCUT2D eigenvalue weighted by Crippen LogP contribution is 2.29. The van der Waals surface area contributed by atoms with Gasteiger partial charge in [-0.15, -0.1) is 6.58 Å². The first-order valence-corrected chi connectivity index (χ1v) is 9.20. The Morgan fingerprint density at radius 1 is 0.963 bits per heavy atom. The second-order valence-corrected chi connectivity index (χ2v) is 6.75. The lowest BCUT2D eigenvalue weighted by atomic mass is 10.0. The van der Waals surface area contributed by atoms with Crippen LogP contribution in [0.15, 0.2) is 73.3 Å². The van der Waals surface area contributed by atoms with Gasteiger partial charge in [0.1, 0.15) is 0 Å². The molecule has 0 unspecified atom stereocenters. The molecule has 1 fully saturated rings. The van der Waals surface area contributed by atoms with Gasteiger partial charge in [-0.05, 0) is 42.0 Å². The minimum Gasteiger partial charge on any atom is -0.348 e. The fourth-order valence-electron chi connectivity index (χ4n) is 3.12. The largest absolute Gasteiger partial charge is 0.348 e. The standard InChI is InChI=1S/C23H24F2O2/c1-2-3-4-18-15-26-23(27-16-18)21-12-10-20(11-13-21)19-8-5-17(6-9-19)7-14-22(24)25/h2,5-6,8-14,18,23H,1,3-4,7,15-16H2. The van der Waals surface area contributed by atoms with Crippen LogP contribution in [0.1, 0.15) is 30.3 Å². The van der Waals surface area contributed by atoms with Crippen molar-refractivity contribution in [3.63, 3.8) is 0 Å². The summed E-state index contributed by atoms with van der Waals surface area (Å²) >= 11 is 0. The minimum atomic E-state index is -1.64. The van der Waals surface area contributed by atoms with Crippen molar-refractivity contribution in [3.05, 3.63) is 84.5 Å². The second-order valence-electron chi connectivity index (χ2n) is 6.75. The zero-order valence-corrected chi connectivity index (χ0v) is 15.2. The number of rotatable bonds is 7. The lowest BCUT2D eigenvalue weighted by molar-refractivity contribution is -0.205. The maximum Gasteiger partial charge on any atom is 0.266 e. The highest BCUT2D eigenvalue weighted by molar-refractivity contribution is 5.64. The van der Waals surface area contributed by atoms with E-state index in [1.807, 2.05) is 54.6 Å². The Labute approximate surface area is 159 Å². The van der Waals surface area contributed by atoms with E-state index in [-0.39, 0.29) is 12.7 Å². The molecule has 142 valence electrons. The van der Waals surface area contributed by atoms with Crippen molar-refractivity contribution in [2.24, 2.45) is 5.92 Å². The molecule has 0 bridgehead atoms. The molecule has 0 aromatic heterocycles. The number of hydrogen-bond acceptors (Lipinski definition) is 2. The Hall–Kier alpha value is -2.30. The molecule has 1 aliphatic rings. The van der Waals surface area contributed by atoms with Crippen LogP contribution in [-0.4, -0.2) is 13.2 Å². The molecule has 0 amide bonds. The van der Waals surface area contributed by atoms with E-state index in [4.69, 9.17) is 9.47 Å². The first-order valence-electron chi connectivity index (χ1n) is 9.20. The van der Waals surface area contributed by atoms with Crippen molar-refractivity contribution in [1.29, 1.82) is 0 Å². The van der Waals surface area contributed by atoms with Crippen molar-refractivity contribution >= 4 is 0 Å². The Kier molecular flexibility index (Phi) is 6.91. The van der Waals surface area contributed by atoms with Crippen LogP contribution in [0.25, 0.3) is 11.1 Å². The van der Waals surface area contributed by atoms with Gasteiger partial charge in [0.2, 0.25) is 0 Å². The zero-order valence-electron chi connectivity index (χ0n) is 15.2. The van der Waals surface area contributed by atoms with Crippen LogP contribution in [0.2, 0.25) is 0 Å². The van der Waals surface area contributed by atoms with Crippen LogP contribution in [-0.2, 0) is 15.9 Å². The maximum atomic E-state index is 12.2. The number of allylic oxidation sites excluding steroid dienone is 2. The lowest BCUT2D eigenvalue weighted by Gasteiger charge is -2.29. The summed E-state index contributed by atoms with van der Waals surface area (Å²) in [6.07, 6.45) is 3.15. The molecule has 2 aromatic carbocycles. The molecular weight excluding hydrogens is 346 g/mol. The normalized spacial score (nSPS) is 19.5. The lowest BCUT2D eigenvalue weighted by Crippen LogP contribution is -2.26. The van der Waals surface area contributed by atoms with Crippen molar-refractivity contribution < 1.29 is 18.3 Å². The van der Waals surface area contributed by atoms with Gasteiger partial charge < -0.3 is 9.47 Å². The predicted octanol–water partition coefficient (Wildman–Crippen LogP) is 6.30. The van der Waals surface area contributed by atoms with Crippen LogP contribution >= 0.6 is 0 Å². The Balaban J connectivity index is 1.59. The van der Waals surface area contributed by atoms with E-state index >= 15 is 0 Å². The van der Waals surface area contributed by atoms with E-state index in [0.717, 1.165) is 41.2 Å². The summed E-state index contributed by atoms with van der Waals surface area (Å²) in [6, 6.07) is 15.7. The number of hydrogen-bond donors (Lipinski definition) is 0. The Morgan fingerprint density at radius 3 is 2.11 bits per heavy atom. The molecule has 0 spiro atoms. The first-order chi connectivity index (χ1) is 13.2.